The Morgan fingerprint density at radius 3 is 2.38 bits per heavy atom. The fourth-order valence-electron chi connectivity index (χ4n) is 2.00. The van der Waals surface area contributed by atoms with Crippen LogP contribution in [0.15, 0.2) is 12.2 Å². The molecule has 0 aromatic carbocycles. The molecule has 0 bridgehead atoms. The van der Waals surface area contributed by atoms with E-state index in [1.165, 1.54) is 0 Å². The van der Waals surface area contributed by atoms with Crippen LogP contribution < -0.4 is 0 Å². The second-order valence-electron chi connectivity index (χ2n) is 9.12. The lowest BCUT2D eigenvalue weighted by Crippen LogP contribution is -2.46. The van der Waals surface area contributed by atoms with Gasteiger partial charge in [0.2, 0.25) is 0 Å². The van der Waals surface area contributed by atoms with Crippen LogP contribution in [0.2, 0.25) is 18.1 Å². The minimum atomic E-state index is -1.85. The van der Waals surface area contributed by atoms with Crippen molar-refractivity contribution in [1.29, 1.82) is 0 Å². The molecule has 1 heterocycles. The third-order valence-electron chi connectivity index (χ3n) is 4.45. The Labute approximate surface area is 148 Å². The van der Waals surface area contributed by atoms with E-state index in [0.29, 0.717) is 26.3 Å². The van der Waals surface area contributed by atoms with Gasteiger partial charge >= 0.3 is 6.09 Å². The minimum absolute atomic E-state index is 0.145. The molecule has 1 amide bonds. The summed E-state index contributed by atoms with van der Waals surface area (Å²) in [5, 5.41) is 0.145. The first kappa shape index (κ1) is 21.2. The first-order valence-corrected chi connectivity index (χ1v) is 11.5. The molecule has 0 unspecified atom stereocenters. The van der Waals surface area contributed by atoms with Gasteiger partial charge in [0, 0.05) is 6.54 Å². The van der Waals surface area contributed by atoms with Gasteiger partial charge in [0.25, 0.3) is 0 Å². The number of hydrogen-bond acceptors (Lipinski definition) is 4. The molecule has 1 atom stereocenters. The summed E-state index contributed by atoms with van der Waals surface area (Å²) >= 11 is 0. The van der Waals surface area contributed by atoms with Crippen LogP contribution in [-0.4, -0.2) is 57.3 Å². The van der Waals surface area contributed by atoms with Crippen LogP contribution in [0, 0.1) is 0 Å². The van der Waals surface area contributed by atoms with E-state index in [1.807, 2.05) is 20.8 Å². The lowest BCUT2D eigenvalue weighted by Gasteiger charge is -2.37. The summed E-state index contributed by atoms with van der Waals surface area (Å²) in [6, 6.07) is 0. The second-order valence-corrected chi connectivity index (χ2v) is 13.9. The van der Waals surface area contributed by atoms with Crippen LogP contribution >= 0.6 is 0 Å². The number of amides is 1. The number of carbonyl (C=O) groups is 1. The molecule has 1 aliphatic heterocycles. The molecule has 1 rings (SSSR count). The maximum absolute atomic E-state index is 12.4. The minimum Gasteiger partial charge on any atom is -0.444 e. The number of carbonyl (C=O) groups excluding carboxylic acids is 1. The Balaban J connectivity index is 2.72. The number of ether oxygens (including phenoxy) is 2. The fraction of sp³-hybridized carbons (Fsp3) is 0.833. The van der Waals surface area contributed by atoms with Crippen LogP contribution in [-0.2, 0) is 13.9 Å². The highest BCUT2D eigenvalue weighted by Crippen LogP contribution is 2.36. The van der Waals surface area contributed by atoms with Crippen molar-refractivity contribution in [2.45, 2.75) is 71.4 Å². The molecule has 6 heteroatoms. The van der Waals surface area contributed by atoms with Gasteiger partial charge in [0.1, 0.15) is 5.60 Å². The zero-order valence-electron chi connectivity index (χ0n) is 16.7. The predicted molar refractivity (Wildman–Crippen MR) is 99.8 cm³/mol. The van der Waals surface area contributed by atoms with Crippen molar-refractivity contribution < 1.29 is 18.7 Å². The first-order valence-electron chi connectivity index (χ1n) is 8.61. The Kier molecular flexibility index (Phi) is 6.69. The lowest BCUT2D eigenvalue weighted by atomic mass is 10.2. The third kappa shape index (κ3) is 6.57. The Bertz CT molecular complexity index is 463. The Hall–Kier alpha value is -0.853. The molecule has 0 aliphatic carbocycles. The zero-order chi connectivity index (χ0) is 18.8. The maximum Gasteiger partial charge on any atom is 0.410 e. The van der Waals surface area contributed by atoms with Crippen molar-refractivity contribution >= 4 is 14.4 Å². The van der Waals surface area contributed by atoms with Gasteiger partial charge in [-0.2, -0.15) is 0 Å². The molecular weight excluding hydrogens is 322 g/mol. The SMILES string of the molecule is C=C1CO[C@H](CO[Si](C)(C)C(C)(C)C)CN(C(=O)OC(C)(C)C)C1. The van der Waals surface area contributed by atoms with Gasteiger partial charge in [-0.3, -0.25) is 0 Å². The van der Waals surface area contributed by atoms with Gasteiger partial charge in [0.05, 0.1) is 25.9 Å². The second kappa shape index (κ2) is 7.58. The number of rotatable bonds is 3. The van der Waals surface area contributed by atoms with E-state index in [4.69, 9.17) is 13.9 Å². The molecule has 5 nitrogen and oxygen atoms in total. The van der Waals surface area contributed by atoms with E-state index in [1.54, 1.807) is 4.90 Å². The number of nitrogens with zero attached hydrogens (tertiary/aromatic N) is 1. The van der Waals surface area contributed by atoms with Crippen LogP contribution in [0.3, 0.4) is 0 Å². The van der Waals surface area contributed by atoms with Crippen LogP contribution in [0.25, 0.3) is 0 Å². The monoisotopic (exact) mass is 357 g/mol. The van der Waals surface area contributed by atoms with E-state index in [-0.39, 0.29) is 17.2 Å². The van der Waals surface area contributed by atoms with Crippen molar-refractivity contribution in [3.05, 3.63) is 12.2 Å². The van der Waals surface area contributed by atoms with Gasteiger partial charge in [-0.05, 0) is 44.5 Å². The molecule has 0 saturated carbocycles. The van der Waals surface area contributed by atoms with Crippen molar-refractivity contribution in [2.24, 2.45) is 0 Å². The van der Waals surface area contributed by atoms with Crippen molar-refractivity contribution in [3.63, 3.8) is 0 Å². The third-order valence-corrected chi connectivity index (χ3v) is 8.95. The van der Waals surface area contributed by atoms with E-state index in [9.17, 15) is 4.79 Å². The largest absolute Gasteiger partial charge is 0.444 e. The van der Waals surface area contributed by atoms with Gasteiger partial charge in [0.15, 0.2) is 8.32 Å². The van der Waals surface area contributed by atoms with E-state index in [2.05, 4.69) is 40.4 Å². The highest BCUT2D eigenvalue weighted by Gasteiger charge is 2.38. The van der Waals surface area contributed by atoms with Gasteiger partial charge in [-0.1, -0.05) is 27.4 Å². The molecule has 0 aromatic heterocycles. The summed E-state index contributed by atoms with van der Waals surface area (Å²) in [4.78, 5) is 14.1. The van der Waals surface area contributed by atoms with Crippen molar-refractivity contribution in [1.82, 2.24) is 4.90 Å². The molecule has 1 saturated heterocycles. The lowest BCUT2D eigenvalue weighted by molar-refractivity contribution is 0.00204. The highest BCUT2D eigenvalue weighted by molar-refractivity contribution is 6.74. The fourth-order valence-corrected chi connectivity index (χ4v) is 3.03. The standard InChI is InChI=1S/C18H35NO4Si/c1-14-10-19(16(20)23-17(2,3)4)11-15(21-12-14)13-22-24(8,9)18(5,6)7/h15H,1,10-13H2,2-9H3/t15-/m0/s1. The van der Waals surface area contributed by atoms with E-state index in [0.717, 1.165) is 5.57 Å². The number of hydrogen-bond donors (Lipinski definition) is 0. The van der Waals surface area contributed by atoms with Crippen LogP contribution in [0.4, 0.5) is 4.79 Å². The van der Waals surface area contributed by atoms with Gasteiger partial charge in [-0.25, -0.2) is 4.79 Å². The maximum atomic E-state index is 12.4. The highest BCUT2D eigenvalue weighted by atomic mass is 28.4. The molecule has 0 N–H and O–H groups in total. The quantitative estimate of drug-likeness (QED) is 0.561. The summed E-state index contributed by atoms with van der Waals surface area (Å²) in [5.74, 6) is 0. The smallest absolute Gasteiger partial charge is 0.410 e. The van der Waals surface area contributed by atoms with Crippen molar-refractivity contribution in [3.8, 4) is 0 Å². The first-order chi connectivity index (χ1) is 10.7. The average Bonchev–Trinajstić information content (AvgIpc) is 2.55. The zero-order valence-corrected chi connectivity index (χ0v) is 17.7. The van der Waals surface area contributed by atoms with Crippen molar-refractivity contribution in [2.75, 3.05) is 26.3 Å². The molecule has 140 valence electrons. The summed E-state index contributed by atoms with van der Waals surface area (Å²) in [6.45, 7) is 22.5. The average molecular weight is 358 g/mol. The van der Waals surface area contributed by atoms with Gasteiger partial charge in [-0.15, -0.1) is 0 Å². The summed E-state index contributed by atoms with van der Waals surface area (Å²) in [6.07, 6.45) is -0.489. The molecule has 0 aromatic rings. The van der Waals surface area contributed by atoms with Crippen LogP contribution in [0.1, 0.15) is 41.5 Å². The van der Waals surface area contributed by atoms with Gasteiger partial charge < -0.3 is 18.8 Å². The summed E-state index contributed by atoms with van der Waals surface area (Å²) in [5.41, 5.74) is 0.356. The molecule has 1 aliphatic rings. The van der Waals surface area contributed by atoms with E-state index >= 15 is 0 Å². The van der Waals surface area contributed by atoms with E-state index < -0.39 is 13.9 Å². The molecular formula is C18H35NO4Si. The topological polar surface area (TPSA) is 48.0 Å². The predicted octanol–water partition coefficient (Wildman–Crippen LogP) is 4.20. The Morgan fingerprint density at radius 2 is 1.88 bits per heavy atom. The Morgan fingerprint density at radius 1 is 1.29 bits per heavy atom. The normalized spacial score (nSPS) is 20.8. The molecule has 24 heavy (non-hydrogen) atoms. The van der Waals surface area contributed by atoms with Crippen LogP contribution in [0.5, 0.6) is 0 Å². The molecule has 1 fully saturated rings. The summed E-state index contributed by atoms with van der Waals surface area (Å²) in [7, 11) is -1.85. The molecule has 0 spiro atoms. The molecule has 0 radical (unpaired) electrons. The summed E-state index contributed by atoms with van der Waals surface area (Å²) < 4.78 is 17.6.